The van der Waals surface area contributed by atoms with E-state index in [9.17, 15) is 10.1 Å². The van der Waals surface area contributed by atoms with E-state index in [0.29, 0.717) is 10.7 Å². The molecule has 0 aliphatic rings. The fourth-order valence-corrected chi connectivity index (χ4v) is 1.67. The molecule has 2 rings (SSSR count). The van der Waals surface area contributed by atoms with Crippen molar-refractivity contribution in [3.05, 3.63) is 63.2 Å². The number of halogens is 1. The number of nitrogen functional groups attached to an aromatic ring is 1. The highest BCUT2D eigenvalue weighted by molar-refractivity contribution is 6.30. The van der Waals surface area contributed by atoms with Crippen LogP contribution in [0.15, 0.2) is 42.5 Å². The average Bonchev–Trinajstić information content (AvgIpc) is 2.39. The van der Waals surface area contributed by atoms with Gasteiger partial charge < -0.3 is 10.5 Å². The summed E-state index contributed by atoms with van der Waals surface area (Å²) in [4.78, 5) is 10.4. The summed E-state index contributed by atoms with van der Waals surface area (Å²) in [5, 5.41) is 11.5. The molecule has 2 aromatic rings. The molecule has 0 unspecified atom stereocenters. The van der Waals surface area contributed by atoms with Gasteiger partial charge in [-0.25, -0.2) is 0 Å². The Morgan fingerprint density at radius 3 is 2.53 bits per heavy atom. The van der Waals surface area contributed by atoms with Crippen LogP contribution in [0.5, 0.6) is 5.75 Å². The molecule has 0 aliphatic carbocycles. The van der Waals surface area contributed by atoms with E-state index in [1.54, 1.807) is 30.3 Å². The molecule has 0 heterocycles. The van der Waals surface area contributed by atoms with Crippen LogP contribution in [0.4, 0.5) is 11.4 Å². The Hall–Kier alpha value is -2.27. The van der Waals surface area contributed by atoms with E-state index >= 15 is 0 Å². The molecule has 0 saturated carbocycles. The molecule has 19 heavy (non-hydrogen) atoms. The molecule has 98 valence electrons. The van der Waals surface area contributed by atoms with Crippen molar-refractivity contribution in [1.29, 1.82) is 0 Å². The highest BCUT2D eigenvalue weighted by Crippen LogP contribution is 2.29. The van der Waals surface area contributed by atoms with E-state index < -0.39 is 4.92 Å². The van der Waals surface area contributed by atoms with Gasteiger partial charge in [0.15, 0.2) is 5.75 Å². The van der Waals surface area contributed by atoms with Gasteiger partial charge in [-0.1, -0.05) is 23.7 Å². The average molecular weight is 279 g/mol. The van der Waals surface area contributed by atoms with Crippen LogP contribution in [0.2, 0.25) is 5.02 Å². The van der Waals surface area contributed by atoms with Gasteiger partial charge in [0.05, 0.1) is 4.92 Å². The van der Waals surface area contributed by atoms with E-state index in [0.717, 1.165) is 5.56 Å². The Bertz CT molecular complexity index is 599. The predicted octanol–water partition coefficient (Wildman–Crippen LogP) is 3.41. The van der Waals surface area contributed by atoms with Crippen LogP contribution in [-0.2, 0) is 6.61 Å². The van der Waals surface area contributed by atoms with Crippen molar-refractivity contribution in [3.8, 4) is 5.75 Å². The van der Waals surface area contributed by atoms with Gasteiger partial charge in [-0.15, -0.1) is 0 Å². The van der Waals surface area contributed by atoms with E-state index in [-0.39, 0.29) is 18.0 Å². The van der Waals surface area contributed by atoms with E-state index in [2.05, 4.69) is 0 Å². The minimum Gasteiger partial charge on any atom is -0.482 e. The summed E-state index contributed by atoms with van der Waals surface area (Å²) < 4.78 is 5.44. The fourth-order valence-electron chi connectivity index (χ4n) is 1.54. The molecule has 0 atom stereocenters. The highest BCUT2D eigenvalue weighted by atomic mass is 35.5. The van der Waals surface area contributed by atoms with Crippen molar-refractivity contribution in [2.45, 2.75) is 6.61 Å². The van der Waals surface area contributed by atoms with E-state index in [1.807, 2.05) is 0 Å². The molecule has 0 spiro atoms. The number of nitrogens with two attached hydrogens (primary N) is 1. The quantitative estimate of drug-likeness (QED) is 0.528. The Balaban J connectivity index is 2.15. The second kappa shape index (κ2) is 5.58. The molecule has 5 nitrogen and oxygen atoms in total. The van der Waals surface area contributed by atoms with Gasteiger partial charge in [0.25, 0.3) is 0 Å². The summed E-state index contributed by atoms with van der Waals surface area (Å²) in [6.45, 7) is 0.224. The molecule has 2 aromatic carbocycles. The number of nitro benzene ring substituents is 1. The van der Waals surface area contributed by atoms with Gasteiger partial charge in [-0.05, 0) is 29.8 Å². The number of nitro groups is 1. The SMILES string of the molecule is Nc1ccc(OCc2ccc(Cl)cc2)c([N+](=O)[O-])c1. The summed E-state index contributed by atoms with van der Waals surface area (Å²) in [5.41, 5.74) is 6.57. The van der Waals surface area contributed by atoms with Crippen LogP contribution in [0.3, 0.4) is 0 Å². The number of benzene rings is 2. The lowest BCUT2D eigenvalue weighted by atomic mass is 10.2. The maximum absolute atomic E-state index is 10.9. The van der Waals surface area contributed by atoms with E-state index in [4.69, 9.17) is 22.1 Å². The monoisotopic (exact) mass is 278 g/mol. The van der Waals surface area contributed by atoms with Crippen molar-refractivity contribution in [2.75, 3.05) is 5.73 Å². The standard InChI is InChI=1S/C13H11ClN2O3/c14-10-3-1-9(2-4-10)8-19-13-6-5-11(15)7-12(13)16(17)18/h1-7H,8,15H2. The third kappa shape index (κ3) is 3.35. The second-order valence-electron chi connectivity index (χ2n) is 3.90. The van der Waals surface area contributed by atoms with Crippen LogP contribution >= 0.6 is 11.6 Å². The number of nitrogens with zero attached hydrogens (tertiary/aromatic N) is 1. The third-order valence-corrected chi connectivity index (χ3v) is 2.74. The van der Waals surface area contributed by atoms with Crippen molar-refractivity contribution in [2.24, 2.45) is 0 Å². The molecule has 0 bridgehead atoms. The first-order valence-corrected chi connectivity index (χ1v) is 5.85. The van der Waals surface area contributed by atoms with Crippen molar-refractivity contribution in [1.82, 2.24) is 0 Å². The molecule has 0 aromatic heterocycles. The Labute approximate surface area is 114 Å². The topological polar surface area (TPSA) is 78.4 Å². The highest BCUT2D eigenvalue weighted by Gasteiger charge is 2.15. The molecular formula is C13H11ClN2O3. The number of hydrogen-bond donors (Lipinski definition) is 1. The van der Waals surface area contributed by atoms with E-state index in [1.165, 1.54) is 12.1 Å². The Morgan fingerprint density at radius 2 is 1.89 bits per heavy atom. The summed E-state index contributed by atoms with van der Waals surface area (Å²) >= 11 is 5.77. The minimum absolute atomic E-state index is 0.144. The third-order valence-electron chi connectivity index (χ3n) is 2.49. The zero-order valence-electron chi connectivity index (χ0n) is 9.88. The predicted molar refractivity (Wildman–Crippen MR) is 73.3 cm³/mol. The van der Waals surface area contributed by atoms with Crippen molar-refractivity contribution < 1.29 is 9.66 Å². The molecule has 0 amide bonds. The van der Waals surface area contributed by atoms with Crippen LogP contribution in [-0.4, -0.2) is 4.92 Å². The fraction of sp³-hybridized carbons (Fsp3) is 0.0769. The first kappa shape index (κ1) is 13.2. The van der Waals surface area contributed by atoms with Gasteiger partial charge in [0.1, 0.15) is 6.61 Å². The number of hydrogen-bond acceptors (Lipinski definition) is 4. The number of anilines is 1. The minimum atomic E-state index is -0.520. The summed E-state index contributed by atoms with van der Waals surface area (Å²) in [6.07, 6.45) is 0. The molecule has 0 aliphatic heterocycles. The van der Waals surface area contributed by atoms with Gasteiger partial charge in [0.2, 0.25) is 0 Å². The lowest BCUT2D eigenvalue weighted by Crippen LogP contribution is -2.00. The maximum Gasteiger partial charge on any atom is 0.312 e. The normalized spacial score (nSPS) is 10.2. The first-order chi connectivity index (χ1) is 9.06. The van der Waals surface area contributed by atoms with Crippen molar-refractivity contribution in [3.63, 3.8) is 0 Å². The molecule has 6 heteroatoms. The second-order valence-corrected chi connectivity index (χ2v) is 4.34. The first-order valence-electron chi connectivity index (χ1n) is 5.47. The van der Waals surface area contributed by atoms with Crippen LogP contribution in [0.1, 0.15) is 5.56 Å². The van der Waals surface area contributed by atoms with Crippen LogP contribution in [0.25, 0.3) is 0 Å². The summed E-state index contributed by atoms with van der Waals surface area (Å²) in [5.74, 6) is 0.189. The number of ether oxygens (including phenoxy) is 1. The van der Waals surface area contributed by atoms with Gasteiger partial charge in [0, 0.05) is 16.8 Å². The molecule has 2 N–H and O–H groups in total. The van der Waals surface area contributed by atoms with Gasteiger partial charge in [-0.2, -0.15) is 0 Å². The lowest BCUT2D eigenvalue weighted by Gasteiger charge is -2.07. The molecule has 0 radical (unpaired) electrons. The largest absolute Gasteiger partial charge is 0.482 e. The molecular weight excluding hydrogens is 268 g/mol. The Morgan fingerprint density at radius 1 is 1.21 bits per heavy atom. The zero-order valence-corrected chi connectivity index (χ0v) is 10.6. The molecule has 0 saturated heterocycles. The zero-order chi connectivity index (χ0) is 13.8. The van der Waals surface area contributed by atoms with Crippen LogP contribution < -0.4 is 10.5 Å². The van der Waals surface area contributed by atoms with Crippen LogP contribution in [0, 0.1) is 10.1 Å². The lowest BCUT2D eigenvalue weighted by molar-refractivity contribution is -0.385. The Kier molecular flexibility index (Phi) is 3.87. The molecule has 0 fully saturated rings. The maximum atomic E-state index is 10.9. The van der Waals surface area contributed by atoms with Gasteiger partial charge in [-0.3, -0.25) is 10.1 Å². The smallest absolute Gasteiger partial charge is 0.312 e. The number of rotatable bonds is 4. The van der Waals surface area contributed by atoms with Gasteiger partial charge >= 0.3 is 5.69 Å². The summed E-state index contributed by atoms with van der Waals surface area (Å²) in [6, 6.07) is 11.4. The summed E-state index contributed by atoms with van der Waals surface area (Å²) in [7, 11) is 0. The van der Waals surface area contributed by atoms with Crippen molar-refractivity contribution >= 4 is 23.0 Å².